The van der Waals surface area contributed by atoms with Gasteiger partial charge >= 0.3 is 0 Å². The average Bonchev–Trinajstić information content (AvgIpc) is 2.94. The van der Waals surface area contributed by atoms with E-state index in [0.717, 1.165) is 17.1 Å². The predicted molar refractivity (Wildman–Crippen MR) is 87.7 cm³/mol. The maximum atomic E-state index is 12.1. The number of likely N-dealkylation sites (N-methyl/N-ethyl adjacent to an activating group) is 1. The molecule has 1 aliphatic rings. The fourth-order valence-electron chi connectivity index (χ4n) is 3.12. The maximum absolute atomic E-state index is 12.1. The van der Waals surface area contributed by atoms with Crippen LogP contribution in [0, 0.1) is 0 Å². The van der Waals surface area contributed by atoms with E-state index in [1.165, 1.54) is 25.7 Å². The molecule has 4 heteroatoms. The van der Waals surface area contributed by atoms with E-state index in [2.05, 4.69) is 24.3 Å². The minimum Gasteiger partial charge on any atom is -0.354 e. The molecule has 0 saturated heterocycles. The van der Waals surface area contributed by atoms with Crippen molar-refractivity contribution < 1.29 is 4.79 Å². The Morgan fingerprint density at radius 1 is 1.29 bits per heavy atom. The first kappa shape index (κ1) is 16.3. The van der Waals surface area contributed by atoms with Gasteiger partial charge in [0.1, 0.15) is 0 Å². The second-order valence-corrected chi connectivity index (χ2v) is 6.60. The van der Waals surface area contributed by atoms with Gasteiger partial charge < -0.3 is 10.2 Å². The number of aryl methyl sites for hydroxylation is 1. The van der Waals surface area contributed by atoms with E-state index in [1.54, 1.807) is 0 Å². The van der Waals surface area contributed by atoms with Crippen molar-refractivity contribution >= 4 is 17.5 Å². The molecule has 3 nitrogen and oxygen atoms in total. The Hall–Kier alpha value is -1.06. The number of carbonyl (C=O) groups is 1. The third-order valence-corrected chi connectivity index (χ3v) is 5.05. The van der Waals surface area contributed by atoms with E-state index in [0.29, 0.717) is 12.8 Å². The number of nitrogens with one attached hydrogen (secondary N) is 1. The summed E-state index contributed by atoms with van der Waals surface area (Å²) >= 11 is 6.11. The lowest BCUT2D eigenvalue weighted by Gasteiger charge is -2.36. The molecule has 0 bridgehead atoms. The van der Waals surface area contributed by atoms with E-state index in [9.17, 15) is 4.79 Å². The highest BCUT2D eigenvalue weighted by Crippen LogP contribution is 2.33. The van der Waals surface area contributed by atoms with Gasteiger partial charge in [-0.3, -0.25) is 4.79 Å². The molecule has 0 radical (unpaired) electrons. The molecule has 1 amide bonds. The van der Waals surface area contributed by atoms with E-state index >= 15 is 0 Å². The van der Waals surface area contributed by atoms with Gasteiger partial charge in [-0.15, -0.1) is 0 Å². The van der Waals surface area contributed by atoms with Gasteiger partial charge in [-0.2, -0.15) is 0 Å². The molecule has 1 aromatic rings. The van der Waals surface area contributed by atoms with Crippen LogP contribution in [0.4, 0.5) is 0 Å². The topological polar surface area (TPSA) is 32.3 Å². The zero-order chi connectivity index (χ0) is 15.3. The second kappa shape index (κ2) is 7.28. The Balaban J connectivity index is 1.81. The van der Waals surface area contributed by atoms with Crippen LogP contribution in [-0.2, 0) is 11.2 Å². The smallest absolute Gasteiger partial charge is 0.220 e. The number of hydrogen-bond donors (Lipinski definition) is 1. The van der Waals surface area contributed by atoms with Crippen molar-refractivity contribution in [1.29, 1.82) is 0 Å². The van der Waals surface area contributed by atoms with E-state index in [-0.39, 0.29) is 11.4 Å². The highest BCUT2D eigenvalue weighted by molar-refractivity contribution is 6.31. The Morgan fingerprint density at radius 2 is 1.95 bits per heavy atom. The summed E-state index contributed by atoms with van der Waals surface area (Å²) in [5.41, 5.74) is 1.19. The van der Waals surface area contributed by atoms with Crippen LogP contribution in [0.25, 0.3) is 0 Å². The molecule has 1 saturated carbocycles. The van der Waals surface area contributed by atoms with Gasteiger partial charge in [-0.1, -0.05) is 42.6 Å². The fourth-order valence-corrected chi connectivity index (χ4v) is 3.35. The first-order valence-corrected chi connectivity index (χ1v) is 8.09. The molecule has 1 aliphatic carbocycles. The van der Waals surface area contributed by atoms with E-state index < -0.39 is 0 Å². The Bertz CT molecular complexity index is 481. The summed E-state index contributed by atoms with van der Waals surface area (Å²) in [5, 5.41) is 3.85. The molecule has 0 aromatic heterocycles. The molecule has 0 atom stereocenters. The van der Waals surface area contributed by atoms with Gasteiger partial charge in [0.05, 0.1) is 0 Å². The Kier molecular flexibility index (Phi) is 5.65. The van der Waals surface area contributed by atoms with Crippen LogP contribution in [0.2, 0.25) is 5.02 Å². The molecule has 1 fully saturated rings. The summed E-state index contributed by atoms with van der Waals surface area (Å²) in [5.74, 6) is 0.114. The first-order valence-electron chi connectivity index (χ1n) is 7.71. The molecule has 116 valence electrons. The molecular weight excluding hydrogens is 284 g/mol. The Labute approximate surface area is 132 Å². The zero-order valence-electron chi connectivity index (χ0n) is 13.0. The number of rotatable bonds is 6. The molecule has 0 unspecified atom stereocenters. The maximum Gasteiger partial charge on any atom is 0.220 e. The molecule has 21 heavy (non-hydrogen) atoms. The lowest BCUT2D eigenvalue weighted by Crippen LogP contribution is -2.50. The molecule has 0 heterocycles. The molecule has 2 rings (SSSR count). The number of carbonyl (C=O) groups excluding carboxylic acids is 1. The van der Waals surface area contributed by atoms with E-state index in [1.807, 2.05) is 24.3 Å². The molecular formula is C17H25ClN2O. The number of hydrogen-bond acceptors (Lipinski definition) is 2. The fraction of sp³-hybridized carbons (Fsp3) is 0.588. The van der Waals surface area contributed by atoms with Crippen molar-refractivity contribution in [2.45, 2.75) is 44.1 Å². The van der Waals surface area contributed by atoms with Gasteiger partial charge in [0.15, 0.2) is 0 Å². The van der Waals surface area contributed by atoms with Crippen molar-refractivity contribution in [3.8, 4) is 0 Å². The van der Waals surface area contributed by atoms with Crippen LogP contribution in [0.15, 0.2) is 24.3 Å². The van der Waals surface area contributed by atoms with Crippen molar-refractivity contribution in [2.75, 3.05) is 20.6 Å². The molecule has 0 aliphatic heterocycles. The summed E-state index contributed by atoms with van der Waals surface area (Å²) < 4.78 is 0. The minimum absolute atomic E-state index is 0.114. The largest absolute Gasteiger partial charge is 0.354 e. The van der Waals surface area contributed by atoms with Crippen molar-refractivity contribution in [3.05, 3.63) is 34.9 Å². The third-order valence-electron chi connectivity index (χ3n) is 4.68. The van der Waals surface area contributed by atoms with Gasteiger partial charge in [0.25, 0.3) is 0 Å². The Morgan fingerprint density at radius 3 is 2.57 bits per heavy atom. The van der Waals surface area contributed by atoms with Crippen LogP contribution < -0.4 is 5.32 Å². The monoisotopic (exact) mass is 308 g/mol. The number of halogens is 1. The predicted octanol–water partition coefficient (Wildman–Crippen LogP) is 3.26. The molecule has 1 N–H and O–H groups in total. The molecule has 0 spiro atoms. The summed E-state index contributed by atoms with van der Waals surface area (Å²) in [6, 6.07) is 7.72. The van der Waals surface area contributed by atoms with Crippen LogP contribution in [0.3, 0.4) is 0 Å². The summed E-state index contributed by atoms with van der Waals surface area (Å²) in [6.45, 7) is 0.751. The molecule has 1 aromatic carbocycles. The summed E-state index contributed by atoms with van der Waals surface area (Å²) in [4.78, 5) is 14.3. The highest BCUT2D eigenvalue weighted by Gasteiger charge is 2.35. The van der Waals surface area contributed by atoms with Crippen LogP contribution in [0.5, 0.6) is 0 Å². The first-order chi connectivity index (χ1) is 10.0. The van der Waals surface area contributed by atoms with Gasteiger partial charge in [-0.05, 0) is 45.0 Å². The quantitative estimate of drug-likeness (QED) is 0.875. The normalized spacial score (nSPS) is 17.1. The van der Waals surface area contributed by atoms with Gasteiger partial charge in [0.2, 0.25) is 5.91 Å². The average molecular weight is 309 g/mol. The van der Waals surface area contributed by atoms with Crippen molar-refractivity contribution in [3.63, 3.8) is 0 Å². The van der Waals surface area contributed by atoms with Crippen LogP contribution in [-0.4, -0.2) is 37.0 Å². The van der Waals surface area contributed by atoms with Crippen molar-refractivity contribution in [1.82, 2.24) is 10.2 Å². The minimum atomic E-state index is 0.114. The zero-order valence-corrected chi connectivity index (χ0v) is 13.7. The highest BCUT2D eigenvalue weighted by atomic mass is 35.5. The van der Waals surface area contributed by atoms with E-state index in [4.69, 9.17) is 11.6 Å². The number of amides is 1. The van der Waals surface area contributed by atoms with Crippen LogP contribution in [0.1, 0.15) is 37.7 Å². The number of benzene rings is 1. The lowest BCUT2D eigenvalue weighted by atomic mass is 9.96. The second-order valence-electron chi connectivity index (χ2n) is 6.19. The van der Waals surface area contributed by atoms with Crippen molar-refractivity contribution in [2.24, 2.45) is 0 Å². The number of nitrogens with zero attached hydrogens (tertiary/aromatic N) is 1. The van der Waals surface area contributed by atoms with Gasteiger partial charge in [-0.25, -0.2) is 0 Å². The third kappa shape index (κ3) is 4.21. The lowest BCUT2D eigenvalue weighted by molar-refractivity contribution is -0.121. The van der Waals surface area contributed by atoms with Gasteiger partial charge in [0, 0.05) is 23.5 Å². The summed E-state index contributed by atoms with van der Waals surface area (Å²) in [6.07, 6.45) is 6.05. The SMILES string of the molecule is CN(C)C1(CNC(=O)CCc2ccccc2Cl)CCCC1. The van der Waals surface area contributed by atoms with Crippen LogP contribution >= 0.6 is 11.6 Å². The summed E-state index contributed by atoms with van der Waals surface area (Å²) in [7, 11) is 4.22. The standard InChI is InChI=1S/C17H25ClN2O/c1-20(2)17(11-5-6-12-17)13-19-16(21)10-9-14-7-3-4-8-15(14)18/h3-4,7-8H,5-6,9-13H2,1-2H3,(H,19,21).